The van der Waals surface area contributed by atoms with Crippen LogP contribution in [-0.2, 0) is 11.3 Å². The van der Waals surface area contributed by atoms with Gasteiger partial charge < -0.3 is 15.0 Å². The molecule has 8 nitrogen and oxygen atoms in total. The number of rotatable bonds is 9. The lowest BCUT2D eigenvalue weighted by atomic mass is 10.3. The molecular weight excluding hydrogens is 399 g/mol. The smallest absolute Gasteiger partial charge is 0.370 e. The Morgan fingerprint density at radius 2 is 1.97 bits per heavy atom. The number of alkyl halides is 3. The molecule has 0 aliphatic carbocycles. The Labute approximate surface area is 172 Å². The molecule has 0 bridgehead atoms. The van der Waals surface area contributed by atoms with E-state index in [1.807, 2.05) is 37.8 Å². The largest absolute Gasteiger partial charge is 0.411 e. The summed E-state index contributed by atoms with van der Waals surface area (Å²) in [5.74, 6) is 1.62. The van der Waals surface area contributed by atoms with Crippen molar-refractivity contribution in [3.63, 3.8) is 0 Å². The van der Waals surface area contributed by atoms with Crippen LogP contribution >= 0.6 is 0 Å². The molecular formula is C19H24F3N7O. The fraction of sp³-hybridized carbons (Fsp3) is 0.474. The molecule has 0 atom stereocenters. The van der Waals surface area contributed by atoms with Crippen LogP contribution < -0.4 is 10.2 Å². The van der Waals surface area contributed by atoms with Gasteiger partial charge in [0.25, 0.3) is 0 Å². The maximum atomic E-state index is 12.3. The SMILES string of the molecule is CCN(CC)c1nc(Nc2cc(C)ccn2)c2c(cnn2CCOCC(F)(F)F)n1. The summed E-state index contributed by atoms with van der Waals surface area (Å²) in [6.07, 6.45) is -1.11. The molecule has 0 aliphatic rings. The van der Waals surface area contributed by atoms with Gasteiger partial charge in [0, 0.05) is 19.3 Å². The molecule has 0 aromatic carbocycles. The second-order valence-corrected chi connectivity index (χ2v) is 6.66. The molecule has 3 aromatic heterocycles. The molecule has 162 valence electrons. The van der Waals surface area contributed by atoms with E-state index in [4.69, 9.17) is 4.74 Å². The third kappa shape index (κ3) is 5.35. The van der Waals surface area contributed by atoms with Gasteiger partial charge in [-0.1, -0.05) is 0 Å². The summed E-state index contributed by atoms with van der Waals surface area (Å²) in [5, 5.41) is 7.48. The Balaban J connectivity index is 1.94. The van der Waals surface area contributed by atoms with Gasteiger partial charge in [0.1, 0.15) is 23.5 Å². The minimum Gasteiger partial charge on any atom is -0.370 e. The number of fused-ring (bicyclic) bond motifs is 1. The number of aromatic nitrogens is 5. The van der Waals surface area contributed by atoms with Crippen LogP contribution in [0.25, 0.3) is 11.0 Å². The predicted molar refractivity (Wildman–Crippen MR) is 108 cm³/mol. The van der Waals surface area contributed by atoms with Crippen molar-refractivity contribution in [1.82, 2.24) is 24.7 Å². The zero-order chi connectivity index (χ0) is 21.7. The molecule has 0 saturated heterocycles. The number of halogens is 3. The lowest BCUT2D eigenvalue weighted by Gasteiger charge is -2.20. The van der Waals surface area contributed by atoms with Crippen molar-refractivity contribution in [2.75, 3.05) is 36.5 Å². The first kappa shape index (κ1) is 21.8. The van der Waals surface area contributed by atoms with Crippen LogP contribution in [0.5, 0.6) is 0 Å². The summed E-state index contributed by atoms with van der Waals surface area (Å²) >= 11 is 0. The second-order valence-electron chi connectivity index (χ2n) is 6.66. The van der Waals surface area contributed by atoms with Gasteiger partial charge >= 0.3 is 6.18 Å². The summed E-state index contributed by atoms with van der Waals surface area (Å²) in [7, 11) is 0. The zero-order valence-corrected chi connectivity index (χ0v) is 17.1. The highest BCUT2D eigenvalue weighted by molar-refractivity contribution is 5.88. The van der Waals surface area contributed by atoms with E-state index >= 15 is 0 Å². The van der Waals surface area contributed by atoms with Gasteiger partial charge in [0.2, 0.25) is 5.95 Å². The van der Waals surface area contributed by atoms with Crippen LogP contribution in [0.4, 0.5) is 30.8 Å². The molecule has 0 unspecified atom stereocenters. The molecule has 3 aromatic rings. The fourth-order valence-corrected chi connectivity index (χ4v) is 2.96. The standard InChI is InChI=1S/C19H24F3N7O/c1-4-28(5-2)18-25-14-11-24-29(8-9-30-12-19(20,21)22)16(14)17(27-18)26-15-10-13(3)6-7-23-15/h6-7,10-11H,4-5,8-9,12H2,1-3H3,(H,23,25,26,27). The third-order valence-corrected chi connectivity index (χ3v) is 4.40. The predicted octanol–water partition coefficient (Wildman–Crippen LogP) is 3.70. The van der Waals surface area contributed by atoms with E-state index in [0.29, 0.717) is 28.6 Å². The molecule has 3 rings (SSSR count). The van der Waals surface area contributed by atoms with Crippen molar-refractivity contribution < 1.29 is 17.9 Å². The van der Waals surface area contributed by atoms with E-state index in [1.165, 1.54) is 4.68 Å². The monoisotopic (exact) mass is 423 g/mol. The molecule has 0 saturated carbocycles. The number of anilines is 3. The highest BCUT2D eigenvalue weighted by atomic mass is 19.4. The average Bonchev–Trinajstić information content (AvgIpc) is 3.09. The van der Waals surface area contributed by atoms with Crippen LogP contribution in [0.2, 0.25) is 0 Å². The van der Waals surface area contributed by atoms with Crippen molar-refractivity contribution in [3.05, 3.63) is 30.1 Å². The number of aryl methyl sites for hydroxylation is 1. The van der Waals surface area contributed by atoms with Crippen molar-refractivity contribution in [2.45, 2.75) is 33.5 Å². The van der Waals surface area contributed by atoms with E-state index in [1.54, 1.807) is 12.4 Å². The van der Waals surface area contributed by atoms with Crippen LogP contribution in [0.15, 0.2) is 24.5 Å². The molecule has 0 fully saturated rings. The van der Waals surface area contributed by atoms with Gasteiger partial charge in [-0.05, 0) is 38.5 Å². The molecule has 0 radical (unpaired) electrons. The second kappa shape index (κ2) is 9.24. The van der Waals surface area contributed by atoms with Crippen LogP contribution in [0, 0.1) is 6.92 Å². The van der Waals surface area contributed by atoms with E-state index in [9.17, 15) is 13.2 Å². The number of pyridine rings is 1. The highest BCUT2D eigenvalue weighted by Crippen LogP contribution is 2.26. The molecule has 0 amide bonds. The van der Waals surface area contributed by atoms with E-state index in [2.05, 4.69) is 25.4 Å². The number of nitrogens with zero attached hydrogens (tertiary/aromatic N) is 6. The summed E-state index contributed by atoms with van der Waals surface area (Å²) in [6.45, 7) is 6.10. The summed E-state index contributed by atoms with van der Waals surface area (Å²) in [4.78, 5) is 15.5. The van der Waals surface area contributed by atoms with Gasteiger partial charge in [0.05, 0.1) is 19.3 Å². The van der Waals surface area contributed by atoms with E-state index < -0.39 is 12.8 Å². The first-order chi connectivity index (χ1) is 14.3. The van der Waals surface area contributed by atoms with Crippen LogP contribution in [0.3, 0.4) is 0 Å². The normalized spacial score (nSPS) is 11.8. The number of hydrogen-bond donors (Lipinski definition) is 1. The van der Waals surface area contributed by atoms with Crippen molar-refractivity contribution in [3.8, 4) is 0 Å². The Morgan fingerprint density at radius 3 is 2.63 bits per heavy atom. The summed E-state index contributed by atoms with van der Waals surface area (Å²) < 4.78 is 43.2. The molecule has 0 spiro atoms. The van der Waals surface area contributed by atoms with Crippen molar-refractivity contribution >= 4 is 28.6 Å². The zero-order valence-electron chi connectivity index (χ0n) is 17.1. The van der Waals surface area contributed by atoms with E-state index in [-0.39, 0.29) is 13.2 Å². The Hall–Kier alpha value is -2.95. The van der Waals surface area contributed by atoms with Crippen molar-refractivity contribution in [2.24, 2.45) is 0 Å². The van der Waals surface area contributed by atoms with Gasteiger partial charge in [0.15, 0.2) is 5.82 Å². The van der Waals surface area contributed by atoms with Crippen LogP contribution in [0.1, 0.15) is 19.4 Å². The number of hydrogen-bond acceptors (Lipinski definition) is 7. The quantitative estimate of drug-likeness (QED) is 0.526. The Bertz CT molecular complexity index is 986. The minimum atomic E-state index is -4.36. The van der Waals surface area contributed by atoms with Crippen molar-refractivity contribution in [1.29, 1.82) is 0 Å². The minimum absolute atomic E-state index is 0.128. The first-order valence-corrected chi connectivity index (χ1v) is 9.63. The Kier molecular flexibility index (Phi) is 6.70. The maximum absolute atomic E-state index is 12.3. The summed E-state index contributed by atoms with van der Waals surface area (Å²) in [6, 6.07) is 3.75. The molecule has 30 heavy (non-hydrogen) atoms. The summed E-state index contributed by atoms with van der Waals surface area (Å²) in [5.41, 5.74) is 2.18. The van der Waals surface area contributed by atoms with Gasteiger partial charge in [-0.25, -0.2) is 9.97 Å². The van der Waals surface area contributed by atoms with Crippen LogP contribution in [-0.4, -0.2) is 57.2 Å². The maximum Gasteiger partial charge on any atom is 0.411 e. The lowest BCUT2D eigenvalue weighted by molar-refractivity contribution is -0.174. The molecule has 0 aliphatic heterocycles. The number of nitrogens with one attached hydrogen (secondary N) is 1. The topological polar surface area (TPSA) is 81.0 Å². The third-order valence-electron chi connectivity index (χ3n) is 4.40. The molecule has 11 heteroatoms. The first-order valence-electron chi connectivity index (χ1n) is 9.63. The van der Waals surface area contributed by atoms with Gasteiger partial charge in [-0.2, -0.15) is 23.3 Å². The van der Waals surface area contributed by atoms with Gasteiger partial charge in [-0.15, -0.1) is 0 Å². The van der Waals surface area contributed by atoms with E-state index in [0.717, 1.165) is 18.7 Å². The molecule has 3 heterocycles. The highest BCUT2D eigenvalue weighted by Gasteiger charge is 2.27. The van der Waals surface area contributed by atoms with Gasteiger partial charge in [-0.3, -0.25) is 4.68 Å². The average molecular weight is 423 g/mol. The lowest BCUT2D eigenvalue weighted by Crippen LogP contribution is -2.24. The molecule has 1 N–H and O–H groups in total. The Morgan fingerprint density at radius 1 is 1.20 bits per heavy atom. The fourth-order valence-electron chi connectivity index (χ4n) is 2.96. The number of ether oxygens (including phenoxy) is 1.